The Kier molecular flexibility index (Phi) is 6.65. The van der Waals surface area contributed by atoms with Crippen molar-refractivity contribution in [1.29, 1.82) is 0 Å². The van der Waals surface area contributed by atoms with E-state index in [0.717, 1.165) is 11.8 Å². The van der Waals surface area contributed by atoms with Crippen LogP contribution in [0.15, 0.2) is 0 Å². The first-order valence-corrected chi connectivity index (χ1v) is 7.90. The van der Waals surface area contributed by atoms with E-state index in [4.69, 9.17) is 0 Å². The van der Waals surface area contributed by atoms with Gasteiger partial charge in [-0.2, -0.15) is 0 Å². The van der Waals surface area contributed by atoms with Crippen molar-refractivity contribution in [2.45, 2.75) is 53.9 Å². The normalized spacial score (nSPS) is 25.3. The summed E-state index contributed by atoms with van der Waals surface area (Å²) >= 11 is 0. The number of nitrogens with one attached hydrogen (secondary N) is 1. The van der Waals surface area contributed by atoms with Crippen LogP contribution in [-0.4, -0.2) is 37.6 Å². The van der Waals surface area contributed by atoms with Gasteiger partial charge in [-0.05, 0) is 43.1 Å². The number of piperidine rings is 1. The van der Waals surface area contributed by atoms with Gasteiger partial charge in [0, 0.05) is 26.2 Å². The lowest BCUT2D eigenvalue weighted by molar-refractivity contribution is 0.0950. The summed E-state index contributed by atoms with van der Waals surface area (Å²) in [5.74, 6) is 1.54. The summed E-state index contributed by atoms with van der Waals surface area (Å²) in [7, 11) is 0. The Labute approximate surface area is 115 Å². The zero-order valence-electron chi connectivity index (χ0n) is 13.3. The van der Waals surface area contributed by atoms with E-state index in [1.54, 1.807) is 0 Å². The highest BCUT2D eigenvalue weighted by Crippen LogP contribution is 2.31. The molecular formula is C16H34N2. The Morgan fingerprint density at radius 1 is 1.11 bits per heavy atom. The van der Waals surface area contributed by atoms with Gasteiger partial charge in [0.1, 0.15) is 0 Å². The second-order valence-electron chi connectivity index (χ2n) is 7.12. The highest BCUT2D eigenvalue weighted by Gasteiger charge is 2.32. The van der Waals surface area contributed by atoms with E-state index in [-0.39, 0.29) is 0 Å². The maximum atomic E-state index is 3.61. The minimum atomic E-state index is 0.530. The molecule has 0 amide bonds. The van der Waals surface area contributed by atoms with Gasteiger partial charge in [0.2, 0.25) is 0 Å². The minimum Gasteiger partial charge on any atom is -0.316 e. The fraction of sp³-hybridized carbons (Fsp3) is 1.00. The molecule has 1 fully saturated rings. The third kappa shape index (κ3) is 5.27. The predicted octanol–water partition coefficient (Wildman–Crippen LogP) is 3.38. The standard InChI is InChI=1S/C16H34N2/c1-6-16(8-7-9-17-12-16)13-18(10-14(2)3)11-15(4)5/h14-15,17H,6-13H2,1-5H3. The number of hydrogen-bond acceptors (Lipinski definition) is 2. The molecule has 1 rings (SSSR count). The third-order valence-electron chi connectivity index (χ3n) is 4.12. The number of rotatable bonds is 7. The summed E-state index contributed by atoms with van der Waals surface area (Å²) < 4.78 is 0. The van der Waals surface area contributed by atoms with Crippen LogP contribution in [0.4, 0.5) is 0 Å². The van der Waals surface area contributed by atoms with Crippen LogP contribution >= 0.6 is 0 Å². The molecule has 0 aromatic rings. The second-order valence-corrected chi connectivity index (χ2v) is 7.12. The molecule has 0 saturated carbocycles. The maximum absolute atomic E-state index is 3.61. The largest absolute Gasteiger partial charge is 0.316 e. The van der Waals surface area contributed by atoms with E-state index in [0.29, 0.717) is 5.41 Å². The minimum absolute atomic E-state index is 0.530. The molecule has 1 aliphatic rings. The van der Waals surface area contributed by atoms with Gasteiger partial charge >= 0.3 is 0 Å². The molecule has 1 N–H and O–H groups in total. The van der Waals surface area contributed by atoms with Crippen molar-refractivity contribution in [1.82, 2.24) is 10.2 Å². The fourth-order valence-corrected chi connectivity index (χ4v) is 3.29. The number of hydrogen-bond donors (Lipinski definition) is 1. The molecule has 1 atom stereocenters. The van der Waals surface area contributed by atoms with Crippen molar-refractivity contribution in [3.63, 3.8) is 0 Å². The molecular weight excluding hydrogens is 220 g/mol. The Balaban J connectivity index is 2.60. The van der Waals surface area contributed by atoms with Crippen LogP contribution in [0.1, 0.15) is 53.9 Å². The van der Waals surface area contributed by atoms with Crippen molar-refractivity contribution in [2.24, 2.45) is 17.3 Å². The summed E-state index contributed by atoms with van der Waals surface area (Å²) in [5.41, 5.74) is 0.530. The van der Waals surface area contributed by atoms with E-state index < -0.39 is 0 Å². The second kappa shape index (κ2) is 7.49. The summed E-state index contributed by atoms with van der Waals surface area (Å²) in [4.78, 5) is 2.71. The van der Waals surface area contributed by atoms with Crippen LogP contribution < -0.4 is 5.32 Å². The van der Waals surface area contributed by atoms with Crippen LogP contribution in [0.2, 0.25) is 0 Å². The highest BCUT2D eigenvalue weighted by molar-refractivity contribution is 4.87. The van der Waals surface area contributed by atoms with Gasteiger partial charge in [0.15, 0.2) is 0 Å². The fourth-order valence-electron chi connectivity index (χ4n) is 3.29. The topological polar surface area (TPSA) is 15.3 Å². The molecule has 0 bridgehead atoms. The quantitative estimate of drug-likeness (QED) is 0.749. The van der Waals surface area contributed by atoms with Crippen LogP contribution in [0.5, 0.6) is 0 Å². The van der Waals surface area contributed by atoms with Crippen LogP contribution in [0.25, 0.3) is 0 Å². The van der Waals surface area contributed by atoms with E-state index in [1.165, 1.54) is 52.0 Å². The molecule has 108 valence electrons. The van der Waals surface area contributed by atoms with Crippen LogP contribution in [0.3, 0.4) is 0 Å². The molecule has 1 saturated heterocycles. The lowest BCUT2D eigenvalue weighted by Gasteiger charge is -2.42. The molecule has 1 aliphatic heterocycles. The summed E-state index contributed by atoms with van der Waals surface area (Å²) in [6, 6.07) is 0. The zero-order valence-corrected chi connectivity index (χ0v) is 13.3. The lowest BCUT2D eigenvalue weighted by Crippen LogP contribution is -2.48. The smallest absolute Gasteiger partial charge is 0.00503 e. The third-order valence-corrected chi connectivity index (χ3v) is 4.12. The molecule has 1 unspecified atom stereocenters. The highest BCUT2D eigenvalue weighted by atomic mass is 15.1. The molecule has 0 radical (unpaired) electrons. The van der Waals surface area contributed by atoms with Crippen molar-refractivity contribution < 1.29 is 0 Å². The van der Waals surface area contributed by atoms with E-state index in [9.17, 15) is 0 Å². The first-order valence-electron chi connectivity index (χ1n) is 7.90. The molecule has 18 heavy (non-hydrogen) atoms. The van der Waals surface area contributed by atoms with Gasteiger partial charge in [-0.3, -0.25) is 0 Å². The average Bonchev–Trinajstić information content (AvgIpc) is 2.28. The summed E-state index contributed by atoms with van der Waals surface area (Å²) in [6.45, 7) is 17.9. The summed E-state index contributed by atoms with van der Waals surface area (Å²) in [5, 5.41) is 3.61. The maximum Gasteiger partial charge on any atom is 0.00503 e. The lowest BCUT2D eigenvalue weighted by atomic mass is 9.77. The Bertz CT molecular complexity index is 207. The van der Waals surface area contributed by atoms with Gasteiger partial charge in [0.05, 0.1) is 0 Å². The molecule has 2 heteroatoms. The van der Waals surface area contributed by atoms with E-state index in [2.05, 4.69) is 44.8 Å². The van der Waals surface area contributed by atoms with Gasteiger partial charge in [-0.1, -0.05) is 34.6 Å². The molecule has 2 nitrogen and oxygen atoms in total. The molecule has 0 aromatic carbocycles. The van der Waals surface area contributed by atoms with Crippen LogP contribution in [0, 0.1) is 17.3 Å². The van der Waals surface area contributed by atoms with Gasteiger partial charge < -0.3 is 10.2 Å². The molecule has 0 spiro atoms. The van der Waals surface area contributed by atoms with Crippen molar-refractivity contribution in [3.05, 3.63) is 0 Å². The number of nitrogens with zero attached hydrogens (tertiary/aromatic N) is 1. The molecule has 0 aliphatic carbocycles. The first kappa shape index (κ1) is 16.0. The molecule has 0 aromatic heterocycles. The Morgan fingerprint density at radius 3 is 2.11 bits per heavy atom. The Hall–Kier alpha value is -0.0800. The van der Waals surface area contributed by atoms with Gasteiger partial charge in [-0.25, -0.2) is 0 Å². The average molecular weight is 254 g/mol. The van der Waals surface area contributed by atoms with Gasteiger partial charge in [0.25, 0.3) is 0 Å². The van der Waals surface area contributed by atoms with Gasteiger partial charge in [-0.15, -0.1) is 0 Å². The van der Waals surface area contributed by atoms with Crippen molar-refractivity contribution >= 4 is 0 Å². The predicted molar refractivity (Wildman–Crippen MR) is 80.9 cm³/mol. The molecule has 1 heterocycles. The zero-order chi connectivity index (χ0) is 13.6. The SMILES string of the molecule is CCC1(CN(CC(C)C)CC(C)C)CCCNC1. The van der Waals surface area contributed by atoms with Crippen LogP contribution in [-0.2, 0) is 0 Å². The van der Waals surface area contributed by atoms with Crippen molar-refractivity contribution in [3.8, 4) is 0 Å². The van der Waals surface area contributed by atoms with Crippen molar-refractivity contribution in [2.75, 3.05) is 32.7 Å². The summed E-state index contributed by atoms with van der Waals surface area (Å²) in [6.07, 6.45) is 4.07. The van der Waals surface area contributed by atoms with E-state index in [1.807, 2.05) is 0 Å². The monoisotopic (exact) mass is 254 g/mol. The first-order chi connectivity index (χ1) is 8.47. The Morgan fingerprint density at radius 2 is 1.72 bits per heavy atom. The van der Waals surface area contributed by atoms with E-state index >= 15 is 0 Å².